The summed E-state index contributed by atoms with van der Waals surface area (Å²) in [4.78, 5) is 2.92. The van der Waals surface area contributed by atoms with Gasteiger partial charge in [0.25, 0.3) is 15.9 Å². The van der Waals surface area contributed by atoms with Gasteiger partial charge in [-0.05, 0) is 24.3 Å². The fraction of sp³-hybridized carbons (Fsp3) is 0.143. The largest absolute Gasteiger partial charge is 0.419 e. The number of aromatic nitrogens is 3. The number of hydrogen-bond donors (Lipinski definition) is 2. The summed E-state index contributed by atoms with van der Waals surface area (Å²) in [7, 11) is -3.71. The highest BCUT2D eigenvalue weighted by atomic mass is 79.9. The lowest BCUT2D eigenvalue weighted by Crippen LogP contribution is -2.12. The van der Waals surface area contributed by atoms with Gasteiger partial charge < -0.3 is 9.40 Å². The number of benzene rings is 1. The number of aryl methyl sites for hydroxylation is 1. The van der Waals surface area contributed by atoms with Gasteiger partial charge in [-0.3, -0.25) is 4.72 Å². The predicted octanol–water partition coefficient (Wildman–Crippen LogP) is 3.19. The Morgan fingerprint density at radius 2 is 2.13 bits per heavy atom. The molecule has 3 aromatic rings. The molecule has 0 bridgehead atoms. The third-order valence-corrected chi connectivity index (χ3v) is 4.90. The fourth-order valence-electron chi connectivity index (χ4n) is 1.92. The summed E-state index contributed by atoms with van der Waals surface area (Å²) >= 11 is 3.30. The van der Waals surface area contributed by atoms with Crippen molar-refractivity contribution in [2.75, 3.05) is 4.72 Å². The van der Waals surface area contributed by atoms with Crippen molar-refractivity contribution in [1.29, 1.82) is 0 Å². The van der Waals surface area contributed by atoms with Gasteiger partial charge in [-0.15, -0.1) is 10.2 Å². The standard InChI is InChI=1S/C14H13BrN4O3S/c1-2-13-17-18-14(22-13)12-7-11(8-16-12)23(20,21)19-10-5-3-4-9(15)6-10/h3-8,16,19H,2H2,1H3. The summed E-state index contributed by atoms with van der Waals surface area (Å²) in [5.74, 6) is 0.747. The lowest BCUT2D eigenvalue weighted by atomic mass is 10.3. The number of H-pyrrole nitrogens is 1. The van der Waals surface area contributed by atoms with Gasteiger partial charge in [0.05, 0.1) is 0 Å². The Morgan fingerprint density at radius 3 is 2.83 bits per heavy atom. The van der Waals surface area contributed by atoms with Crippen molar-refractivity contribution in [2.45, 2.75) is 18.2 Å². The number of sulfonamides is 1. The van der Waals surface area contributed by atoms with Crippen molar-refractivity contribution >= 4 is 31.6 Å². The molecule has 0 radical (unpaired) electrons. The van der Waals surface area contributed by atoms with Gasteiger partial charge >= 0.3 is 0 Å². The van der Waals surface area contributed by atoms with Crippen LogP contribution in [0.5, 0.6) is 0 Å². The molecule has 9 heteroatoms. The van der Waals surface area contributed by atoms with Gasteiger partial charge in [0.2, 0.25) is 5.89 Å². The maximum atomic E-state index is 12.4. The van der Waals surface area contributed by atoms with Gasteiger partial charge in [0, 0.05) is 22.8 Å². The number of aromatic amines is 1. The second kappa shape index (κ2) is 6.17. The van der Waals surface area contributed by atoms with Crippen LogP contribution in [0.25, 0.3) is 11.6 Å². The van der Waals surface area contributed by atoms with E-state index >= 15 is 0 Å². The van der Waals surface area contributed by atoms with Crippen molar-refractivity contribution in [3.63, 3.8) is 0 Å². The molecule has 3 rings (SSSR count). The normalized spacial score (nSPS) is 11.6. The summed E-state index contributed by atoms with van der Waals surface area (Å²) in [6, 6.07) is 8.35. The first-order valence-electron chi connectivity index (χ1n) is 6.77. The Bertz CT molecular complexity index is 933. The fourth-order valence-corrected chi connectivity index (χ4v) is 3.37. The van der Waals surface area contributed by atoms with Crippen LogP contribution < -0.4 is 4.72 Å². The van der Waals surface area contributed by atoms with Crippen LogP contribution in [-0.4, -0.2) is 23.6 Å². The predicted molar refractivity (Wildman–Crippen MR) is 88.4 cm³/mol. The minimum absolute atomic E-state index is 0.0868. The number of anilines is 1. The zero-order chi connectivity index (χ0) is 16.4. The molecule has 0 atom stereocenters. The third kappa shape index (κ3) is 3.45. The number of rotatable bonds is 5. The van der Waals surface area contributed by atoms with E-state index in [-0.39, 0.29) is 10.8 Å². The second-order valence-corrected chi connectivity index (χ2v) is 7.32. The highest BCUT2D eigenvalue weighted by molar-refractivity contribution is 9.10. The molecule has 2 aromatic heterocycles. The summed E-state index contributed by atoms with van der Waals surface area (Å²) < 4.78 is 33.5. The summed E-state index contributed by atoms with van der Waals surface area (Å²) in [6.07, 6.45) is 1.99. The zero-order valence-corrected chi connectivity index (χ0v) is 14.5. The van der Waals surface area contributed by atoms with Crippen LogP contribution in [0.1, 0.15) is 12.8 Å². The molecule has 23 heavy (non-hydrogen) atoms. The molecule has 0 spiro atoms. The maximum absolute atomic E-state index is 12.4. The molecule has 2 heterocycles. The summed E-state index contributed by atoms with van der Waals surface area (Å²) in [5.41, 5.74) is 0.917. The summed E-state index contributed by atoms with van der Waals surface area (Å²) in [5, 5.41) is 7.73. The van der Waals surface area contributed by atoms with Gasteiger partial charge in [0.1, 0.15) is 10.6 Å². The highest BCUT2D eigenvalue weighted by Crippen LogP contribution is 2.23. The minimum Gasteiger partial charge on any atom is -0.419 e. The molecular formula is C14H13BrN4O3S. The van der Waals surface area contributed by atoms with Crippen molar-refractivity contribution in [3.8, 4) is 11.6 Å². The van der Waals surface area contributed by atoms with Crippen LogP contribution in [-0.2, 0) is 16.4 Å². The van der Waals surface area contributed by atoms with Crippen LogP contribution in [0, 0.1) is 0 Å². The van der Waals surface area contributed by atoms with Crippen LogP contribution >= 0.6 is 15.9 Å². The smallest absolute Gasteiger partial charge is 0.264 e. The van der Waals surface area contributed by atoms with Crippen molar-refractivity contribution in [3.05, 3.63) is 46.9 Å². The van der Waals surface area contributed by atoms with E-state index in [1.54, 1.807) is 18.2 Å². The van der Waals surface area contributed by atoms with Gasteiger partial charge in [-0.1, -0.05) is 28.9 Å². The zero-order valence-electron chi connectivity index (χ0n) is 12.1. The average molecular weight is 397 g/mol. The molecule has 1 aromatic carbocycles. The van der Waals surface area contributed by atoms with Crippen LogP contribution in [0.2, 0.25) is 0 Å². The number of nitrogens with zero attached hydrogens (tertiary/aromatic N) is 2. The monoisotopic (exact) mass is 396 g/mol. The van der Waals surface area contributed by atoms with E-state index in [9.17, 15) is 8.42 Å². The molecule has 0 aliphatic carbocycles. The third-order valence-electron chi connectivity index (χ3n) is 3.04. The molecule has 0 amide bonds. The van der Waals surface area contributed by atoms with E-state index < -0.39 is 10.0 Å². The lowest BCUT2D eigenvalue weighted by Gasteiger charge is -2.06. The van der Waals surface area contributed by atoms with Crippen molar-refractivity contribution < 1.29 is 12.8 Å². The highest BCUT2D eigenvalue weighted by Gasteiger charge is 2.19. The number of halogens is 1. The first kappa shape index (κ1) is 15.8. The van der Waals surface area contributed by atoms with Gasteiger partial charge in [-0.25, -0.2) is 8.42 Å². The van der Waals surface area contributed by atoms with E-state index in [0.29, 0.717) is 23.7 Å². The molecule has 2 N–H and O–H groups in total. The van der Waals surface area contributed by atoms with E-state index in [0.717, 1.165) is 4.47 Å². The molecule has 0 saturated heterocycles. The first-order valence-corrected chi connectivity index (χ1v) is 9.05. The van der Waals surface area contributed by atoms with Crippen LogP contribution in [0.15, 0.2) is 50.3 Å². The Balaban J connectivity index is 1.86. The molecule has 7 nitrogen and oxygen atoms in total. The quantitative estimate of drug-likeness (QED) is 0.689. The second-order valence-electron chi connectivity index (χ2n) is 4.72. The lowest BCUT2D eigenvalue weighted by molar-refractivity contribution is 0.511. The van der Waals surface area contributed by atoms with Crippen LogP contribution in [0.4, 0.5) is 5.69 Å². The van der Waals surface area contributed by atoms with Gasteiger partial charge in [0.15, 0.2) is 0 Å². The van der Waals surface area contributed by atoms with Crippen molar-refractivity contribution in [2.24, 2.45) is 0 Å². The number of hydrogen-bond acceptors (Lipinski definition) is 5. The molecular weight excluding hydrogens is 384 g/mol. The average Bonchev–Trinajstić information content (AvgIpc) is 3.16. The number of nitrogens with one attached hydrogen (secondary N) is 2. The van der Waals surface area contributed by atoms with Crippen molar-refractivity contribution in [1.82, 2.24) is 15.2 Å². The molecule has 0 saturated carbocycles. The molecule has 0 fully saturated rings. The molecule has 120 valence electrons. The van der Waals surface area contributed by atoms with Crippen LogP contribution in [0.3, 0.4) is 0 Å². The SMILES string of the molecule is CCc1nnc(-c2cc(S(=O)(=O)Nc3cccc(Br)c3)c[nH]2)o1. The van der Waals surface area contributed by atoms with E-state index in [1.165, 1.54) is 12.3 Å². The van der Waals surface area contributed by atoms with E-state index in [4.69, 9.17) is 4.42 Å². The maximum Gasteiger partial charge on any atom is 0.264 e. The molecule has 0 aliphatic rings. The Hall–Kier alpha value is -2.13. The van der Waals surface area contributed by atoms with Gasteiger partial charge in [-0.2, -0.15) is 0 Å². The molecule has 0 aliphatic heterocycles. The Labute approximate surface area is 141 Å². The first-order chi connectivity index (χ1) is 11.0. The van der Waals surface area contributed by atoms with E-state index in [1.807, 2.05) is 13.0 Å². The molecule has 0 unspecified atom stereocenters. The minimum atomic E-state index is -3.71. The Morgan fingerprint density at radius 1 is 1.30 bits per heavy atom. The topological polar surface area (TPSA) is 101 Å². The Kier molecular flexibility index (Phi) is 4.22. The van der Waals surface area contributed by atoms with E-state index in [2.05, 4.69) is 35.8 Å². The summed E-state index contributed by atoms with van der Waals surface area (Å²) in [6.45, 7) is 1.89.